The van der Waals surface area contributed by atoms with Crippen LogP contribution in [0, 0.1) is 5.92 Å². The number of nitrogens with two attached hydrogens (primary N) is 1. The lowest BCUT2D eigenvalue weighted by atomic mass is 9.74. The smallest absolute Gasteiger partial charge is 0.0934 e. The molecular weight excluding hydrogens is 266 g/mol. The van der Waals surface area contributed by atoms with Crippen LogP contribution in [0.4, 0.5) is 0 Å². The Bertz CT molecular complexity index is 431. The summed E-state index contributed by atoms with van der Waals surface area (Å²) in [6.07, 6.45) is 7.32. The molecule has 1 aliphatic rings. The summed E-state index contributed by atoms with van der Waals surface area (Å²) in [5, 5.41) is 8.27. The zero-order chi connectivity index (χ0) is 15.3. The molecule has 0 amide bonds. The number of aryl methyl sites for hydroxylation is 1. The molecule has 0 saturated heterocycles. The van der Waals surface area contributed by atoms with Crippen LogP contribution >= 0.6 is 0 Å². The summed E-state index contributed by atoms with van der Waals surface area (Å²) in [5.74, 6) is 6.57. The van der Waals surface area contributed by atoms with E-state index in [1.54, 1.807) is 0 Å². The summed E-state index contributed by atoms with van der Waals surface area (Å²) in [5.41, 5.74) is 3.77. The second kappa shape index (κ2) is 7.33. The fourth-order valence-electron chi connectivity index (χ4n) is 3.69. The zero-order valence-electron chi connectivity index (χ0n) is 13.5. The predicted molar refractivity (Wildman–Crippen MR) is 82.4 cm³/mol. The maximum atomic E-state index is 6.24. The Morgan fingerprint density at radius 2 is 2.38 bits per heavy atom. The van der Waals surface area contributed by atoms with Gasteiger partial charge in [0.2, 0.25) is 0 Å². The molecule has 3 atom stereocenters. The van der Waals surface area contributed by atoms with E-state index in [0.717, 1.165) is 31.5 Å². The Balaban J connectivity index is 2.32. The molecule has 21 heavy (non-hydrogen) atoms. The first kappa shape index (κ1) is 16.4. The minimum Gasteiger partial charge on any atom is -0.373 e. The van der Waals surface area contributed by atoms with Gasteiger partial charge in [0.25, 0.3) is 0 Å². The Morgan fingerprint density at radius 3 is 3.00 bits per heavy atom. The summed E-state index contributed by atoms with van der Waals surface area (Å²) in [7, 11) is 0. The van der Waals surface area contributed by atoms with Gasteiger partial charge in [0.1, 0.15) is 0 Å². The van der Waals surface area contributed by atoms with Crippen molar-refractivity contribution in [1.29, 1.82) is 0 Å². The van der Waals surface area contributed by atoms with E-state index in [9.17, 15) is 0 Å². The van der Waals surface area contributed by atoms with Crippen LogP contribution in [0.5, 0.6) is 0 Å². The van der Waals surface area contributed by atoms with Gasteiger partial charge in [0.05, 0.1) is 23.5 Å². The molecule has 0 radical (unpaired) electrons. The molecule has 1 aromatic rings. The molecule has 2 rings (SSSR count). The van der Waals surface area contributed by atoms with E-state index in [-0.39, 0.29) is 11.6 Å². The Kier molecular flexibility index (Phi) is 5.72. The molecule has 1 aromatic heterocycles. The topological polar surface area (TPSA) is 78.0 Å². The lowest BCUT2D eigenvalue weighted by Crippen LogP contribution is -2.51. The van der Waals surface area contributed by atoms with Gasteiger partial charge in [-0.1, -0.05) is 31.9 Å². The van der Waals surface area contributed by atoms with Gasteiger partial charge in [-0.15, -0.1) is 5.10 Å². The van der Waals surface area contributed by atoms with Gasteiger partial charge in [-0.3, -0.25) is 5.84 Å². The average Bonchev–Trinajstić information content (AvgIpc) is 2.88. The largest absolute Gasteiger partial charge is 0.373 e. The normalized spacial score (nSPS) is 27.7. The minimum atomic E-state index is -0.256. The Hall–Kier alpha value is -0.980. The van der Waals surface area contributed by atoms with E-state index in [0.29, 0.717) is 12.5 Å². The molecular formula is C15H29N5O. The molecule has 1 heterocycles. The summed E-state index contributed by atoms with van der Waals surface area (Å²) in [4.78, 5) is 0. The van der Waals surface area contributed by atoms with Crippen LogP contribution in [0.1, 0.15) is 64.6 Å². The van der Waals surface area contributed by atoms with Crippen molar-refractivity contribution in [2.75, 3.05) is 6.61 Å². The highest BCUT2D eigenvalue weighted by atomic mass is 16.5. The number of rotatable bonds is 7. The van der Waals surface area contributed by atoms with Crippen LogP contribution in [-0.4, -0.2) is 27.2 Å². The number of hydrazine groups is 1. The molecule has 1 aliphatic carbocycles. The molecule has 6 heteroatoms. The van der Waals surface area contributed by atoms with Crippen molar-refractivity contribution in [3.8, 4) is 0 Å². The van der Waals surface area contributed by atoms with E-state index in [2.05, 4.69) is 36.5 Å². The van der Waals surface area contributed by atoms with Crippen LogP contribution in [0.25, 0.3) is 0 Å². The first-order valence-electron chi connectivity index (χ1n) is 8.15. The Morgan fingerprint density at radius 1 is 1.57 bits per heavy atom. The molecule has 120 valence electrons. The lowest BCUT2D eigenvalue weighted by Gasteiger charge is -2.44. The molecule has 3 unspecified atom stereocenters. The third-order valence-electron chi connectivity index (χ3n) is 4.49. The average molecular weight is 295 g/mol. The van der Waals surface area contributed by atoms with E-state index in [1.807, 2.05) is 10.9 Å². The summed E-state index contributed by atoms with van der Waals surface area (Å²) in [6.45, 7) is 8.03. The van der Waals surface area contributed by atoms with Crippen LogP contribution in [0.2, 0.25) is 0 Å². The van der Waals surface area contributed by atoms with Crippen molar-refractivity contribution in [2.24, 2.45) is 11.8 Å². The highest BCUT2D eigenvalue weighted by Gasteiger charge is 2.44. The molecule has 0 aliphatic heterocycles. The van der Waals surface area contributed by atoms with Gasteiger partial charge in [-0.2, -0.15) is 0 Å². The highest BCUT2D eigenvalue weighted by Crippen LogP contribution is 2.43. The van der Waals surface area contributed by atoms with Gasteiger partial charge < -0.3 is 4.74 Å². The quantitative estimate of drug-likeness (QED) is 0.595. The number of aromatic nitrogens is 3. The van der Waals surface area contributed by atoms with Gasteiger partial charge in [-0.25, -0.2) is 10.1 Å². The predicted octanol–water partition coefficient (Wildman–Crippen LogP) is 2.18. The van der Waals surface area contributed by atoms with Crippen LogP contribution in [-0.2, 0) is 11.3 Å². The molecule has 0 bridgehead atoms. The van der Waals surface area contributed by atoms with Crippen molar-refractivity contribution in [3.05, 3.63) is 11.9 Å². The number of hydrogen-bond acceptors (Lipinski definition) is 5. The van der Waals surface area contributed by atoms with E-state index < -0.39 is 0 Å². The summed E-state index contributed by atoms with van der Waals surface area (Å²) < 4.78 is 8.19. The maximum absolute atomic E-state index is 6.24. The number of nitrogens with one attached hydrogen (secondary N) is 1. The van der Waals surface area contributed by atoms with Crippen molar-refractivity contribution >= 4 is 0 Å². The van der Waals surface area contributed by atoms with Crippen LogP contribution in [0.15, 0.2) is 6.20 Å². The summed E-state index contributed by atoms with van der Waals surface area (Å²) in [6, 6.07) is -0.0678. The monoisotopic (exact) mass is 295 g/mol. The molecule has 1 fully saturated rings. The molecule has 6 nitrogen and oxygen atoms in total. The number of nitrogens with zero attached hydrogens (tertiary/aromatic N) is 3. The number of ether oxygens (including phenoxy) is 1. The standard InChI is InChI=1S/C15H29N5O/c1-4-9-20-13(11-17-19-20)14(18-16)15(21-5-2)8-6-7-12(3)10-15/h11-12,14,18H,4-10,16H2,1-3H3. The van der Waals surface area contributed by atoms with Crippen LogP contribution in [0.3, 0.4) is 0 Å². The third-order valence-corrected chi connectivity index (χ3v) is 4.49. The van der Waals surface area contributed by atoms with Gasteiger partial charge >= 0.3 is 0 Å². The van der Waals surface area contributed by atoms with Crippen molar-refractivity contribution in [1.82, 2.24) is 20.4 Å². The van der Waals surface area contributed by atoms with E-state index in [4.69, 9.17) is 10.6 Å². The SMILES string of the molecule is CCCn1nncc1C(NN)C1(OCC)CCCC(C)C1. The fourth-order valence-corrected chi connectivity index (χ4v) is 3.69. The first-order valence-corrected chi connectivity index (χ1v) is 8.15. The molecule has 0 aromatic carbocycles. The van der Waals surface area contributed by atoms with Crippen LogP contribution < -0.4 is 11.3 Å². The second-order valence-corrected chi connectivity index (χ2v) is 6.18. The maximum Gasteiger partial charge on any atom is 0.0934 e. The van der Waals surface area contributed by atoms with Gasteiger partial charge in [0.15, 0.2) is 0 Å². The highest BCUT2D eigenvalue weighted by molar-refractivity contribution is 5.11. The Labute approximate surface area is 127 Å². The lowest BCUT2D eigenvalue weighted by molar-refractivity contribution is -0.103. The minimum absolute atomic E-state index is 0.0678. The van der Waals surface area contributed by atoms with Crippen molar-refractivity contribution in [3.63, 3.8) is 0 Å². The third kappa shape index (κ3) is 3.44. The molecule has 1 saturated carbocycles. The number of hydrogen-bond donors (Lipinski definition) is 2. The fraction of sp³-hybridized carbons (Fsp3) is 0.867. The zero-order valence-corrected chi connectivity index (χ0v) is 13.5. The van der Waals surface area contributed by atoms with Gasteiger partial charge in [-0.05, 0) is 32.1 Å². The van der Waals surface area contributed by atoms with E-state index >= 15 is 0 Å². The first-order chi connectivity index (χ1) is 10.2. The van der Waals surface area contributed by atoms with Gasteiger partial charge in [0, 0.05) is 13.2 Å². The molecule has 0 spiro atoms. The molecule has 3 N–H and O–H groups in total. The van der Waals surface area contributed by atoms with Crippen molar-refractivity contribution in [2.45, 2.75) is 71.1 Å². The summed E-state index contributed by atoms with van der Waals surface area (Å²) >= 11 is 0. The van der Waals surface area contributed by atoms with Crippen molar-refractivity contribution < 1.29 is 4.74 Å². The second-order valence-electron chi connectivity index (χ2n) is 6.18. The van der Waals surface area contributed by atoms with E-state index in [1.165, 1.54) is 12.8 Å².